The van der Waals surface area contributed by atoms with Crippen LogP contribution >= 0.6 is 27.3 Å². The summed E-state index contributed by atoms with van der Waals surface area (Å²) in [5.41, 5.74) is 1.04. The average molecular weight is 341 g/mol. The Balaban J connectivity index is 2.07. The highest BCUT2D eigenvalue weighted by atomic mass is 79.9. The van der Waals surface area contributed by atoms with Crippen molar-refractivity contribution in [2.24, 2.45) is 0 Å². The first-order valence-corrected chi connectivity index (χ1v) is 7.90. The van der Waals surface area contributed by atoms with Crippen molar-refractivity contribution in [2.45, 2.75) is 33.4 Å². The Morgan fingerprint density at radius 2 is 2.21 bits per heavy atom. The fourth-order valence-corrected chi connectivity index (χ4v) is 3.39. The molecule has 0 aromatic carbocycles. The van der Waals surface area contributed by atoms with Crippen molar-refractivity contribution in [2.75, 3.05) is 5.32 Å². The topological polar surface area (TPSA) is 34.0 Å². The third kappa shape index (κ3) is 3.70. The molecule has 0 unspecified atom stereocenters. The van der Waals surface area contributed by atoms with Crippen molar-refractivity contribution in [3.8, 4) is 0 Å². The number of rotatable bonds is 5. The number of aromatic nitrogens is 1. The Bertz CT molecular complexity index is 599. The number of nitrogens with zero attached hydrogens (tertiary/aromatic N) is 1. The fourth-order valence-electron chi connectivity index (χ4n) is 1.85. The zero-order valence-corrected chi connectivity index (χ0v) is 13.5. The lowest BCUT2D eigenvalue weighted by atomic mass is 10.3. The lowest BCUT2D eigenvalue weighted by molar-refractivity contribution is 0.655. The van der Waals surface area contributed by atoms with Gasteiger partial charge >= 0.3 is 0 Å². The number of anilines is 1. The minimum Gasteiger partial charge on any atom is -0.379 e. The van der Waals surface area contributed by atoms with Gasteiger partial charge in [0.25, 0.3) is 5.56 Å². The van der Waals surface area contributed by atoms with Crippen molar-refractivity contribution in [3.05, 3.63) is 49.0 Å². The Kier molecular flexibility index (Phi) is 4.82. The Hall–Kier alpha value is -1.07. The van der Waals surface area contributed by atoms with Crippen LogP contribution in [0.2, 0.25) is 0 Å². The van der Waals surface area contributed by atoms with Gasteiger partial charge in [0.15, 0.2) is 0 Å². The maximum absolute atomic E-state index is 11.6. The van der Waals surface area contributed by atoms with E-state index >= 15 is 0 Å². The van der Waals surface area contributed by atoms with E-state index in [4.69, 9.17) is 0 Å². The van der Waals surface area contributed by atoms with Gasteiger partial charge in [-0.15, -0.1) is 11.3 Å². The van der Waals surface area contributed by atoms with Crippen LogP contribution in [0.25, 0.3) is 0 Å². The molecule has 0 saturated heterocycles. The lowest BCUT2D eigenvalue weighted by Crippen LogP contribution is -2.18. The van der Waals surface area contributed by atoms with E-state index < -0.39 is 0 Å². The van der Waals surface area contributed by atoms with Crippen molar-refractivity contribution >= 4 is 33.0 Å². The van der Waals surface area contributed by atoms with Crippen LogP contribution < -0.4 is 10.9 Å². The normalized spacial score (nSPS) is 10.7. The van der Waals surface area contributed by atoms with Crippen molar-refractivity contribution < 1.29 is 0 Å². The molecule has 2 aromatic heterocycles. The summed E-state index contributed by atoms with van der Waals surface area (Å²) in [5.74, 6) is 0. The fraction of sp³-hybridized carbons (Fsp3) is 0.357. The van der Waals surface area contributed by atoms with Gasteiger partial charge in [0.05, 0.1) is 5.69 Å². The van der Waals surface area contributed by atoms with Crippen LogP contribution in [0, 0.1) is 6.92 Å². The summed E-state index contributed by atoms with van der Waals surface area (Å²) in [4.78, 5) is 14.2. The van der Waals surface area contributed by atoms with Gasteiger partial charge in [0.2, 0.25) is 0 Å². The second-order valence-corrected chi connectivity index (χ2v) is 6.62. The van der Waals surface area contributed by atoms with E-state index in [2.05, 4.69) is 41.2 Å². The standard InChI is InChI=1S/C14H17BrN2OS/c1-3-6-17-9-11(4-5-14(17)18)16-8-12-7-13(15)10(2)19-12/h4-5,7,9,16H,3,6,8H2,1-2H3. The van der Waals surface area contributed by atoms with Gasteiger partial charge in [-0.1, -0.05) is 6.92 Å². The van der Waals surface area contributed by atoms with Gasteiger partial charge in [0, 0.05) is 39.6 Å². The molecule has 0 bridgehead atoms. The zero-order chi connectivity index (χ0) is 13.8. The van der Waals surface area contributed by atoms with Crippen LogP contribution in [0.5, 0.6) is 0 Å². The van der Waals surface area contributed by atoms with Gasteiger partial charge in [0.1, 0.15) is 0 Å². The molecule has 0 spiro atoms. The lowest BCUT2D eigenvalue weighted by Gasteiger charge is -2.08. The Labute approximate surface area is 125 Å². The highest BCUT2D eigenvalue weighted by Crippen LogP contribution is 2.26. The molecule has 5 heteroatoms. The number of thiophene rings is 1. The summed E-state index contributed by atoms with van der Waals surface area (Å²) < 4.78 is 2.91. The van der Waals surface area contributed by atoms with Gasteiger partial charge in [-0.3, -0.25) is 4.79 Å². The van der Waals surface area contributed by atoms with E-state index in [0.29, 0.717) is 0 Å². The quantitative estimate of drug-likeness (QED) is 0.892. The molecule has 0 radical (unpaired) electrons. The molecule has 0 aliphatic heterocycles. The first-order valence-electron chi connectivity index (χ1n) is 6.29. The largest absolute Gasteiger partial charge is 0.379 e. The van der Waals surface area contributed by atoms with Crippen LogP contribution in [0.1, 0.15) is 23.1 Å². The maximum atomic E-state index is 11.6. The number of hydrogen-bond donors (Lipinski definition) is 1. The molecule has 2 aromatic rings. The molecular weight excluding hydrogens is 324 g/mol. The number of pyridine rings is 1. The SMILES string of the molecule is CCCn1cc(NCc2cc(Br)c(C)s2)ccc1=O. The maximum Gasteiger partial charge on any atom is 0.250 e. The molecule has 2 rings (SSSR count). The van der Waals surface area contributed by atoms with E-state index in [9.17, 15) is 4.79 Å². The molecule has 0 fully saturated rings. The number of aryl methyl sites for hydroxylation is 2. The van der Waals surface area contributed by atoms with Crippen molar-refractivity contribution in [1.29, 1.82) is 0 Å². The molecular formula is C14H17BrN2OS. The molecule has 0 saturated carbocycles. The van der Waals surface area contributed by atoms with Crippen LogP contribution in [-0.2, 0) is 13.1 Å². The highest BCUT2D eigenvalue weighted by molar-refractivity contribution is 9.10. The van der Waals surface area contributed by atoms with E-state index in [1.807, 2.05) is 12.3 Å². The monoisotopic (exact) mass is 340 g/mol. The second kappa shape index (κ2) is 6.39. The van der Waals surface area contributed by atoms with E-state index in [1.54, 1.807) is 22.0 Å². The minimum absolute atomic E-state index is 0.0575. The summed E-state index contributed by atoms with van der Waals surface area (Å²) in [7, 11) is 0. The summed E-state index contributed by atoms with van der Waals surface area (Å²) in [5, 5.41) is 3.36. The van der Waals surface area contributed by atoms with E-state index in [1.165, 1.54) is 9.75 Å². The second-order valence-electron chi connectivity index (χ2n) is 4.42. The van der Waals surface area contributed by atoms with Gasteiger partial charge in [-0.05, 0) is 41.4 Å². The van der Waals surface area contributed by atoms with E-state index in [-0.39, 0.29) is 5.56 Å². The molecule has 3 nitrogen and oxygen atoms in total. The molecule has 0 aliphatic carbocycles. The smallest absolute Gasteiger partial charge is 0.250 e. The predicted molar refractivity (Wildman–Crippen MR) is 85.1 cm³/mol. The average Bonchev–Trinajstić information content (AvgIpc) is 2.70. The third-order valence-corrected chi connectivity index (χ3v) is 4.96. The summed E-state index contributed by atoms with van der Waals surface area (Å²) in [6, 6.07) is 5.59. The summed E-state index contributed by atoms with van der Waals surface area (Å²) in [6.45, 7) is 5.71. The minimum atomic E-state index is 0.0575. The molecule has 2 heterocycles. The zero-order valence-electron chi connectivity index (χ0n) is 11.1. The van der Waals surface area contributed by atoms with Gasteiger partial charge in [-0.25, -0.2) is 0 Å². The Morgan fingerprint density at radius 3 is 2.84 bits per heavy atom. The van der Waals surface area contributed by atoms with Crippen molar-refractivity contribution in [3.63, 3.8) is 0 Å². The van der Waals surface area contributed by atoms with Crippen molar-refractivity contribution in [1.82, 2.24) is 4.57 Å². The van der Waals surface area contributed by atoms with Crippen LogP contribution in [0.3, 0.4) is 0 Å². The highest BCUT2D eigenvalue weighted by Gasteiger charge is 2.03. The number of halogens is 1. The predicted octanol–water partition coefficient (Wildman–Crippen LogP) is 4.00. The summed E-state index contributed by atoms with van der Waals surface area (Å²) >= 11 is 5.29. The van der Waals surface area contributed by atoms with Crippen LogP contribution in [0.4, 0.5) is 5.69 Å². The molecule has 102 valence electrons. The molecule has 0 amide bonds. The van der Waals surface area contributed by atoms with Crippen LogP contribution in [-0.4, -0.2) is 4.57 Å². The first kappa shape index (κ1) is 14.3. The Morgan fingerprint density at radius 1 is 1.42 bits per heavy atom. The molecule has 19 heavy (non-hydrogen) atoms. The third-order valence-electron chi connectivity index (χ3n) is 2.82. The van der Waals surface area contributed by atoms with Gasteiger partial charge in [-0.2, -0.15) is 0 Å². The molecule has 0 atom stereocenters. The van der Waals surface area contributed by atoms with Crippen LogP contribution in [0.15, 0.2) is 33.7 Å². The molecule has 0 aliphatic rings. The van der Waals surface area contributed by atoms with Gasteiger partial charge < -0.3 is 9.88 Å². The first-order chi connectivity index (χ1) is 9.10. The van der Waals surface area contributed by atoms with E-state index in [0.717, 1.165) is 29.7 Å². The number of nitrogens with one attached hydrogen (secondary N) is 1. The number of hydrogen-bond acceptors (Lipinski definition) is 3. The molecule has 1 N–H and O–H groups in total. The summed E-state index contributed by atoms with van der Waals surface area (Å²) in [6.07, 6.45) is 2.85.